The molecular formula is C22H21N3OS. The maximum atomic E-state index is 13.0. The molecule has 0 bridgehead atoms. The average Bonchev–Trinajstić information content (AvgIpc) is 3.07. The highest BCUT2D eigenvalue weighted by atomic mass is 32.1. The molecule has 4 rings (SSSR count). The molecule has 2 aliphatic rings. The molecule has 4 nitrogen and oxygen atoms in total. The van der Waals surface area contributed by atoms with Gasteiger partial charge in [-0.3, -0.25) is 9.69 Å². The Morgan fingerprint density at radius 1 is 1.22 bits per heavy atom. The van der Waals surface area contributed by atoms with Gasteiger partial charge in [0, 0.05) is 33.1 Å². The normalized spacial score (nSPS) is 20.0. The highest BCUT2D eigenvalue weighted by molar-refractivity contribution is 7.12. The van der Waals surface area contributed by atoms with Gasteiger partial charge >= 0.3 is 0 Å². The molecule has 2 aromatic rings. The van der Waals surface area contributed by atoms with Crippen LogP contribution in [0.4, 0.5) is 5.69 Å². The van der Waals surface area contributed by atoms with Crippen molar-refractivity contribution in [3.8, 4) is 6.07 Å². The van der Waals surface area contributed by atoms with Crippen molar-refractivity contribution in [1.29, 1.82) is 5.26 Å². The molecule has 1 atom stereocenters. The minimum absolute atomic E-state index is 0.130. The van der Waals surface area contributed by atoms with Crippen LogP contribution >= 0.6 is 11.3 Å². The highest BCUT2D eigenvalue weighted by Gasteiger charge is 2.40. The number of nitrogens with two attached hydrogens (primary N) is 1. The Morgan fingerprint density at radius 3 is 2.70 bits per heavy atom. The van der Waals surface area contributed by atoms with E-state index in [0.717, 1.165) is 45.1 Å². The van der Waals surface area contributed by atoms with E-state index in [2.05, 4.69) is 6.07 Å². The highest BCUT2D eigenvalue weighted by Crippen LogP contribution is 2.47. The van der Waals surface area contributed by atoms with Gasteiger partial charge in [0.1, 0.15) is 5.82 Å². The second-order valence-corrected chi connectivity index (χ2v) is 8.42. The number of nitriles is 1. The van der Waals surface area contributed by atoms with Crippen LogP contribution < -0.4 is 10.6 Å². The molecule has 5 heteroatoms. The number of allylic oxidation sites excluding steroid dienone is 3. The van der Waals surface area contributed by atoms with Crippen LogP contribution in [0.5, 0.6) is 0 Å². The second-order valence-electron chi connectivity index (χ2n) is 7.10. The van der Waals surface area contributed by atoms with E-state index in [1.165, 1.54) is 0 Å². The summed E-state index contributed by atoms with van der Waals surface area (Å²) >= 11 is 1.63. The zero-order chi connectivity index (χ0) is 19.1. The number of thiophene rings is 1. The number of hydrogen-bond acceptors (Lipinski definition) is 5. The van der Waals surface area contributed by atoms with Crippen molar-refractivity contribution in [2.24, 2.45) is 5.73 Å². The number of benzene rings is 1. The zero-order valence-corrected chi connectivity index (χ0v) is 16.3. The molecule has 2 N–H and O–H groups in total. The van der Waals surface area contributed by atoms with Gasteiger partial charge < -0.3 is 5.73 Å². The van der Waals surface area contributed by atoms with E-state index in [0.29, 0.717) is 17.8 Å². The third-order valence-corrected chi connectivity index (χ3v) is 6.28. The molecule has 1 aliphatic heterocycles. The lowest BCUT2D eigenvalue weighted by Crippen LogP contribution is -2.38. The lowest BCUT2D eigenvalue weighted by Gasteiger charge is -2.39. The van der Waals surface area contributed by atoms with Crippen molar-refractivity contribution in [2.45, 2.75) is 39.0 Å². The van der Waals surface area contributed by atoms with Crippen molar-refractivity contribution in [2.75, 3.05) is 4.90 Å². The number of hydrogen-bond donors (Lipinski definition) is 1. The fourth-order valence-electron chi connectivity index (χ4n) is 4.04. The first-order chi connectivity index (χ1) is 13.0. The summed E-state index contributed by atoms with van der Waals surface area (Å²) in [6, 6.07) is 14.4. The molecule has 136 valence electrons. The van der Waals surface area contributed by atoms with Crippen LogP contribution in [0.1, 0.15) is 40.5 Å². The third kappa shape index (κ3) is 2.87. The molecule has 0 amide bonds. The molecule has 0 saturated heterocycles. The number of rotatable bonds is 2. The van der Waals surface area contributed by atoms with Gasteiger partial charge in [0.05, 0.1) is 17.6 Å². The van der Waals surface area contributed by atoms with Crippen LogP contribution in [0.2, 0.25) is 0 Å². The zero-order valence-electron chi connectivity index (χ0n) is 15.5. The van der Waals surface area contributed by atoms with E-state index < -0.39 is 0 Å². The number of anilines is 1. The summed E-state index contributed by atoms with van der Waals surface area (Å²) in [5.74, 6) is 0.218. The van der Waals surface area contributed by atoms with E-state index >= 15 is 0 Å². The maximum Gasteiger partial charge on any atom is 0.161 e. The Kier molecular flexibility index (Phi) is 4.37. The van der Waals surface area contributed by atoms with Crippen molar-refractivity contribution >= 4 is 22.8 Å². The number of aryl methyl sites for hydroxylation is 2. The van der Waals surface area contributed by atoms with E-state index in [-0.39, 0.29) is 11.7 Å². The summed E-state index contributed by atoms with van der Waals surface area (Å²) in [6.45, 7) is 4.06. The second kappa shape index (κ2) is 6.71. The Hall–Kier alpha value is -2.84. The molecule has 0 saturated carbocycles. The first-order valence-electron chi connectivity index (χ1n) is 9.10. The van der Waals surface area contributed by atoms with Gasteiger partial charge in [-0.25, -0.2) is 0 Å². The van der Waals surface area contributed by atoms with Crippen LogP contribution in [-0.2, 0) is 4.79 Å². The predicted molar refractivity (Wildman–Crippen MR) is 108 cm³/mol. The minimum atomic E-state index is -0.349. The van der Waals surface area contributed by atoms with E-state index in [1.807, 2.05) is 55.1 Å². The molecule has 1 aromatic heterocycles. The van der Waals surface area contributed by atoms with Gasteiger partial charge in [-0.15, -0.1) is 11.3 Å². The average molecular weight is 375 g/mol. The van der Waals surface area contributed by atoms with Gasteiger partial charge in [0.2, 0.25) is 0 Å². The number of ketones is 1. The van der Waals surface area contributed by atoms with Gasteiger partial charge in [0.25, 0.3) is 0 Å². The summed E-state index contributed by atoms with van der Waals surface area (Å²) in [5.41, 5.74) is 10.7. The number of nitrogens with zero attached hydrogens (tertiary/aromatic N) is 2. The standard InChI is InChI=1S/C22H21N3OS/c1-13-5-3-6-15(11-13)25-17-7-4-8-18(26)21(17)20(16(12-23)22(25)24)19-10-9-14(2)27-19/h3,5-6,9-11,20H,4,7-8,24H2,1-2H3. The summed E-state index contributed by atoms with van der Waals surface area (Å²) in [5, 5.41) is 9.95. The van der Waals surface area contributed by atoms with Crippen LogP contribution in [-0.4, -0.2) is 5.78 Å². The molecular weight excluding hydrogens is 354 g/mol. The van der Waals surface area contributed by atoms with Crippen molar-refractivity contribution in [1.82, 2.24) is 0 Å². The maximum absolute atomic E-state index is 13.0. The quantitative estimate of drug-likeness (QED) is 0.828. The Balaban J connectivity index is 1.97. The van der Waals surface area contributed by atoms with Crippen molar-refractivity contribution in [3.63, 3.8) is 0 Å². The lowest BCUT2D eigenvalue weighted by molar-refractivity contribution is -0.116. The molecule has 1 unspecified atom stereocenters. The first kappa shape index (κ1) is 17.6. The SMILES string of the molecule is Cc1cccc(N2C(N)=C(C#N)C(c3ccc(C)s3)C3=C2CCCC3=O)c1. The van der Waals surface area contributed by atoms with Gasteiger partial charge in [-0.2, -0.15) is 5.26 Å². The molecule has 0 fully saturated rings. The number of carbonyl (C=O) groups excluding carboxylic acids is 1. The molecule has 0 spiro atoms. The Bertz CT molecular complexity index is 1040. The number of carbonyl (C=O) groups is 1. The van der Waals surface area contributed by atoms with Crippen molar-refractivity contribution in [3.05, 3.63) is 74.4 Å². The van der Waals surface area contributed by atoms with E-state index in [1.54, 1.807) is 11.3 Å². The summed E-state index contributed by atoms with van der Waals surface area (Å²) in [6.07, 6.45) is 2.13. The Labute approximate surface area is 163 Å². The molecule has 1 aliphatic carbocycles. The lowest BCUT2D eigenvalue weighted by atomic mass is 9.78. The summed E-state index contributed by atoms with van der Waals surface area (Å²) in [4.78, 5) is 17.1. The molecule has 1 aromatic carbocycles. The van der Waals surface area contributed by atoms with Crippen LogP contribution in [0, 0.1) is 25.2 Å². The van der Waals surface area contributed by atoms with Crippen molar-refractivity contribution < 1.29 is 4.79 Å². The topological polar surface area (TPSA) is 70.1 Å². The third-order valence-electron chi connectivity index (χ3n) is 5.22. The van der Waals surface area contributed by atoms with E-state index in [4.69, 9.17) is 5.73 Å². The molecule has 27 heavy (non-hydrogen) atoms. The summed E-state index contributed by atoms with van der Waals surface area (Å²) < 4.78 is 0. The van der Waals surface area contributed by atoms with Gasteiger partial charge in [0.15, 0.2) is 5.78 Å². The largest absolute Gasteiger partial charge is 0.384 e. The number of Topliss-reactive ketones (excluding diaryl/α,β-unsaturated/α-hetero) is 1. The monoisotopic (exact) mass is 375 g/mol. The van der Waals surface area contributed by atoms with Gasteiger partial charge in [-0.05, 0) is 56.5 Å². The smallest absolute Gasteiger partial charge is 0.161 e. The van der Waals surface area contributed by atoms with Crippen LogP contribution in [0.15, 0.2) is 59.1 Å². The van der Waals surface area contributed by atoms with Crippen LogP contribution in [0.3, 0.4) is 0 Å². The molecule has 2 heterocycles. The summed E-state index contributed by atoms with van der Waals surface area (Å²) in [7, 11) is 0. The Morgan fingerprint density at radius 2 is 2.04 bits per heavy atom. The molecule has 0 radical (unpaired) electrons. The van der Waals surface area contributed by atoms with Crippen LogP contribution in [0.25, 0.3) is 0 Å². The minimum Gasteiger partial charge on any atom is -0.384 e. The van der Waals surface area contributed by atoms with E-state index in [9.17, 15) is 10.1 Å². The fraction of sp³-hybridized carbons (Fsp3) is 0.273. The fourth-order valence-corrected chi connectivity index (χ4v) is 5.04. The first-order valence-corrected chi connectivity index (χ1v) is 9.92. The van der Waals surface area contributed by atoms with Gasteiger partial charge in [-0.1, -0.05) is 12.1 Å². The predicted octanol–water partition coefficient (Wildman–Crippen LogP) is 4.67.